The van der Waals surface area contributed by atoms with Gasteiger partial charge in [0.05, 0.1) is 7.11 Å². The number of hydrogen-bond acceptors (Lipinski definition) is 3. The van der Waals surface area contributed by atoms with E-state index in [4.69, 9.17) is 9.84 Å². The summed E-state index contributed by atoms with van der Waals surface area (Å²) in [7, 11) is 1.52. The predicted octanol–water partition coefficient (Wildman–Crippen LogP) is 2.83. The van der Waals surface area contributed by atoms with Crippen LogP contribution >= 0.6 is 15.9 Å². The Morgan fingerprint density at radius 2 is 2.10 bits per heavy atom. The molecule has 2 amide bonds. The first-order chi connectivity index (χ1) is 9.46. The lowest BCUT2D eigenvalue weighted by molar-refractivity contribution is -0.139. The van der Waals surface area contributed by atoms with Crippen LogP contribution in [0.5, 0.6) is 5.75 Å². The summed E-state index contributed by atoms with van der Waals surface area (Å²) in [6.45, 7) is 1.86. The maximum Gasteiger partial charge on any atom is 0.326 e. The molecule has 1 rings (SSSR count). The lowest BCUT2D eigenvalue weighted by atomic mass is 10.2. The smallest absolute Gasteiger partial charge is 0.326 e. The maximum absolute atomic E-state index is 11.8. The van der Waals surface area contributed by atoms with E-state index in [-0.39, 0.29) is 0 Å². The molecule has 0 aromatic heterocycles. The van der Waals surface area contributed by atoms with E-state index in [1.54, 1.807) is 18.2 Å². The minimum atomic E-state index is -1.05. The molecule has 1 atom stereocenters. The molecule has 0 unspecified atom stereocenters. The summed E-state index contributed by atoms with van der Waals surface area (Å²) in [5, 5.41) is 14.0. The molecule has 3 N–H and O–H groups in total. The maximum atomic E-state index is 11.8. The average molecular weight is 345 g/mol. The molecule has 20 heavy (non-hydrogen) atoms. The summed E-state index contributed by atoms with van der Waals surface area (Å²) in [6.07, 6.45) is 1.05. The van der Waals surface area contributed by atoms with Crippen molar-refractivity contribution in [3.63, 3.8) is 0 Å². The van der Waals surface area contributed by atoms with E-state index in [1.165, 1.54) is 7.11 Å². The number of benzene rings is 1. The van der Waals surface area contributed by atoms with Crippen molar-refractivity contribution in [1.82, 2.24) is 5.32 Å². The van der Waals surface area contributed by atoms with Crippen molar-refractivity contribution in [2.75, 3.05) is 12.4 Å². The molecule has 0 saturated carbocycles. The van der Waals surface area contributed by atoms with Crippen LogP contribution in [-0.4, -0.2) is 30.3 Å². The molecule has 1 aromatic rings. The van der Waals surface area contributed by atoms with Gasteiger partial charge in [0.2, 0.25) is 0 Å². The van der Waals surface area contributed by atoms with Crippen molar-refractivity contribution in [3.05, 3.63) is 22.7 Å². The van der Waals surface area contributed by atoms with Crippen LogP contribution in [0.25, 0.3) is 0 Å². The van der Waals surface area contributed by atoms with Gasteiger partial charge in [-0.15, -0.1) is 0 Å². The van der Waals surface area contributed by atoms with Gasteiger partial charge in [-0.05, 0) is 18.6 Å². The Morgan fingerprint density at radius 3 is 2.65 bits per heavy atom. The fourth-order valence-corrected chi connectivity index (χ4v) is 2.10. The molecular weight excluding hydrogens is 328 g/mol. The molecule has 0 fully saturated rings. The highest BCUT2D eigenvalue weighted by Gasteiger charge is 2.18. The fourth-order valence-electron chi connectivity index (χ4n) is 1.62. The van der Waals surface area contributed by atoms with Crippen molar-refractivity contribution in [2.24, 2.45) is 0 Å². The van der Waals surface area contributed by atoms with E-state index in [9.17, 15) is 9.59 Å². The number of carbonyl (C=O) groups is 2. The van der Waals surface area contributed by atoms with Gasteiger partial charge >= 0.3 is 12.0 Å². The number of rotatable bonds is 6. The number of halogens is 1. The Balaban J connectivity index is 2.70. The van der Waals surface area contributed by atoms with Gasteiger partial charge in [-0.1, -0.05) is 29.3 Å². The molecule has 6 nitrogen and oxygen atoms in total. The lowest BCUT2D eigenvalue weighted by Gasteiger charge is -2.14. The van der Waals surface area contributed by atoms with E-state index < -0.39 is 18.0 Å². The second kappa shape index (κ2) is 7.74. The second-order valence-electron chi connectivity index (χ2n) is 4.16. The van der Waals surface area contributed by atoms with E-state index >= 15 is 0 Å². The molecule has 0 saturated heterocycles. The summed E-state index contributed by atoms with van der Waals surface area (Å²) in [5.74, 6) is -0.466. The van der Waals surface area contributed by atoms with Gasteiger partial charge in [0.25, 0.3) is 0 Å². The van der Waals surface area contributed by atoms with Gasteiger partial charge in [0.1, 0.15) is 11.8 Å². The third kappa shape index (κ3) is 5.08. The van der Waals surface area contributed by atoms with E-state index in [2.05, 4.69) is 26.6 Å². The first-order valence-electron chi connectivity index (χ1n) is 6.11. The Kier molecular flexibility index (Phi) is 6.30. The van der Waals surface area contributed by atoms with Crippen molar-refractivity contribution in [2.45, 2.75) is 25.8 Å². The lowest BCUT2D eigenvalue weighted by Crippen LogP contribution is -2.42. The molecule has 7 heteroatoms. The quantitative estimate of drug-likeness (QED) is 0.740. The molecule has 0 heterocycles. The molecule has 0 aliphatic carbocycles. The van der Waals surface area contributed by atoms with Gasteiger partial charge in [-0.2, -0.15) is 0 Å². The first-order valence-corrected chi connectivity index (χ1v) is 6.90. The third-order valence-corrected chi connectivity index (χ3v) is 3.00. The Morgan fingerprint density at radius 1 is 1.40 bits per heavy atom. The van der Waals surface area contributed by atoms with Crippen molar-refractivity contribution in [3.8, 4) is 5.75 Å². The van der Waals surface area contributed by atoms with Crippen LogP contribution in [0.4, 0.5) is 10.5 Å². The predicted molar refractivity (Wildman–Crippen MR) is 79.2 cm³/mol. The van der Waals surface area contributed by atoms with Crippen molar-refractivity contribution < 1.29 is 19.4 Å². The summed E-state index contributed by atoms with van der Waals surface area (Å²) < 4.78 is 5.83. The van der Waals surface area contributed by atoms with Gasteiger partial charge in [-0.25, -0.2) is 9.59 Å². The van der Waals surface area contributed by atoms with E-state index in [0.717, 1.165) is 4.47 Å². The van der Waals surface area contributed by atoms with Gasteiger partial charge in [0, 0.05) is 16.2 Å². The molecule has 1 aromatic carbocycles. The number of anilines is 1. The molecule has 0 bridgehead atoms. The van der Waals surface area contributed by atoms with Crippen LogP contribution in [0, 0.1) is 0 Å². The number of amides is 2. The van der Waals surface area contributed by atoms with Gasteiger partial charge in [-0.3, -0.25) is 0 Å². The van der Waals surface area contributed by atoms with Crippen LogP contribution in [0.2, 0.25) is 0 Å². The molecular formula is C13H17BrN2O4. The van der Waals surface area contributed by atoms with Crippen LogP contribution < -0.4 is 15.4 Å². The Bertz CT molecular complexity index is 493. The molecule has 0 aliphatic heterocycles. The average Bonchev–Trinajstić information content (AvgIpc) is 2.37. The highest BCUT2D eigenvalue weighted by atomic mass is 79.9. The number of carboxylic acids is 1. The van der Waals surface area contributed by atoms with Gasteiger partial charge < -0.3 is 20.5 Å². The fraction of sp³-hybridized carbons (Fsp3) is 0.385. The monoisotopic (exact) mass is 344 g/mol. The third-order valence-electron chi connectivity index (χ3n) is 2.55. The zero-order valence-corrected chi connectivity index (χ0v) is 12.9. The van der Waals surface area contributed by atoms with Crippen LogP contribution in [0.3, 0.4) is 0 Å². The number of carboxylic acid groups (broad SMARTS) is 1. The number of nitrogens with one attached hydrogen (secondary N) is 2. The standard InChI is InChI=1S/C13H17BrN2O4/c1-3-4-11(12(17)18)16-13(19)15-9-5-8(14)6-10(7-9)20-2/h5-7,11H,3-4H2,1-2H3,(H,17,18)(H2,15,16,19)/t11-/m1/s1. The number of ether oxygens (including phenoxy) is 1. The van der Waals surface area contributed by atoms with Crippen LogP contribution in [0.15, 0.2) is 22.7 Å². The topological polar surface area (TPSA) is 87.7 Å². The number of aliphatic carboxylic acids is 1. The summed E-state index contributed by atoms with van der Waals surface area (Å²) in [4.78, 5) is 22.7. The summed E-state index contributed by atoms with van der Waals surface area (Å²) in [6, 6.07) is 3.62. The van der Waals surface area contributed by atoms with Crippen LogP contribution in [0.1, 0.15) is 19.8 Å². The highest BCUT2D eigenvalue weighted by molar-refractivity contribution is 9.10. The molecule has 0 spiro atoms. The number of carbonyl (C=O) groups excluding carboxylic acids is 1. The number of urea groups is 1. The van der Waals surface area contributed by atoms with Crippen molar-refractivity contribution >= 4 is 33.6 Å². The Hall–Kier alpha value is -1.76. The minimum Gasteiger partial charge on any atom is -0.497 e. The zero-order valence-electron chi connectivity index (χ0n) is 11.3. The molecule has 0 radical (unpaired) electrons. The summed E-state index contributed by atoms with van der Waals surface area (Å²) in [5.41, 5.74) is 0.509. The molecule has 110 valence electrons. The van der Waals surface area contributed by atoms with E-state index in [0.29, 0.717) is 24.3 Å². The normalized spacial score (nSPS) is 11.6. The SMILES string of the molecule is CCC[C@@H](NC(=O)Nc1cc(Br)cc(OC)c1)C(=O)O. The van der Waals surface area contributed by atoms with Crippen molar-refractivity contribution in [1.29, 1.82) is 0 Å². The summed E-state index contributed by atoms with van der Waals surface area (Å²) >= 11 is 3.30. The largest absolute Gasteiger partial charge is 0.497 e. The number of methoxy groups -OCH3 is 1. The van der Waals surface area contributed by atoms with Crippen LogP contribution in [-0.2, 0) is 4.79 Å². The first kappa shape index (κ1) is 16.3. The minimum absolute atomic E-state index is 0.380. The molecule has 0 aliphatic rings. The van der Waals surface area contributed by atoms with Gasteiger partial charge in [0.15, 0.2) is 0 Å². The Labute approximate surface area is 125 Å². The number of hydrogen-bond donors (Lipinski definition) is 3. The van der Waals surface area contributed by atoms with E-state index in [1.807, 2.05) is 6.92 Å². The zero-order chi connectivity index (χ0) is 15.1. The second-order valence-corrected chi connectivity index (χ2v) is 5.07. The highest BCUT2D eigenvalue weighted by Crippen LogP contribution is 2.24.